The number of hydrogen-bond donors (Lipinski definition) is 1. The van der Waals surface area contributed by atoms with Crippen molar-refractivity contribution in [1.82, 2.24) is 9.78 Å². The van der Waals surface area contributed by atoms with E-state index in [9.17, 15) is 4.79 Å². The highest BCUT2D eigenvalue weighted by Gasteiger charge is 2.31. The molecular formula is C17H20N4O. The van der Waals surface area contributed by atoms with Crippen LogP contribution in [0.15, 0.2) is 24.3 Å². The summed E-state index contributed by atoms with van der Waals surface area (Å²) in [6.45, 7) is 0.727. The Balaban J connectivity index is 1.69. The zero-order chi connectivity index (χ0) is 15.3. The first kappa shape index (κ1) is 13.4. The minimum Gasteiger partial charge on any atom is -0.398 e. The fourth-order valence-corrected chi connectivity index (χ4v) is 3.35. The van der Waals surface area contributed by atoms with Gasteiger partial charge in [-0.25, -0.2) is 0 Å². The molecule has 5 nitrogen and oxygen atoms in total. The van der Waals surface area contributed by atoms with E-state index < -0.39 is 0 Å². The number of nitrogen functional groups attached to an aromatic ring is 1. The first-order valence-corrected chi connectivity index (χ1v) is 7.88. The lowest BCUT2D eigenvalue weighted by atomic mass is 9.99. The van der Waals surface area contributed by atoms with E-state index >= 15 is 0 Å². The van der Waals surface area contributed by atoms with E-state index in [1.54, 1.807) is 0 Å². The summed E-state index contributed by atoms with van der Waals surface area (Å²) in [5.41, 5.74) is 10.6. The molecule has 0 bridgehead atoms. The van der Waals surface area contributed by atoms with Crippen LogP contribution >= 0.6 is 0 Å². The van der Waals surface area contributed by atoms with Crippen LogP contribution in [0.4, 0.5) is 11.4 Å². The Labute approximate surface area is 129 Å². The molecule has 0 radical (unpaired) electrons. The Morgan fingerprint density at radius 2 is 2.18 bits per heavy atom. The highest BCUT2D eigenvalue weighted by molar-refractivity contribution is 6.06. The van der Waals surface area contributed by atoms with Crippen molar-refractivity contribution in [2.45, 2.75) is 31.6 Å². The third-order valence-corrected chi connectivity index (χ3v) is 4.66. The Bertz CT molecular complexity index is 745. The Hall–Kier alpha value is -2.30. The number of fused-ring (bicyclic) bond motifs is 1. The normalized spacial score (nSPS) is 17.4. The molecule has 0 spiro atoms. The molecule has 2 aromatic rings. The fourth-order valence-electron chi connectivity index (χ4n) is 3.35. The number of benzene rings is 1. The number of aromatic nitrogens is 2. The van der Waals surface area contributed by atoms with Gasteiger partial charge in [0.1, 0.15) is 0 Å². The van der Waals surface area contributed by atoms with Gasteiger partial charge in [-0.1, -0.05) is 6.07 Å². The predicted octanol–water partition coefficient (Wildman–Crippen LogP) is 2.47. The second-order valence-electron chi connectivity index (χ2n) is 6.26. The molecule has 114 valence electrons. The lowest BCUT2D eigenvalue weighted by molar-refractivity contribution is 0.0979. The summed E-state index contributed by atoms with van der Waals surface area (Å²) in [5.74, 6) is 0.567. The summed E-state index contributed by atoms with van der Waals surface area (Å²) in [7, 11) is 1.92. The third-order valence-electron chi connectivity index (χ3n) is 4.66. The molecule has 5 heteroatoms. The van der Waals surface area contributed by atoms with Gasteiger partial charge in [0.15, 0.2) is 5.69 Å². The van der Waals surface area contributed by atoms with Gasteiger partial charge in [-0.3, -0.25) is 9.48 Å². The van der Waals surface area contributed by atoms with Crippen molar-refractivity contribution in [2.75, 3.05) is 17.2 Å². The summed E-state index contributed by atoms with van der Waals surface area (Å²) in [6, 6.07) is 7.75. The molecule has 0 saturated heterocycles. The highest BCUT2D eigenvalue weighted by atomic mass is 16.2. The van der Waals surface area contributed by atoms with Crippen LogP contribution in [-0.4, -0.2) is 22.2 Å². The number of rotatable bonds is 2. The van der Waals surface area contributed by atoms with E-state index in [0.29, 0.717) is 11.6 Å². The molecule has 2 N–H and O–H groups in total. The zero-order valence-electron chi connectivity index (χ0n) is 12.7. The number of anilines is 2. The van der Waals surface area contributed by atoms with Gasteiger partial charge in [-0.2, -0.15) is 5.10 Å². The maximum atomic E-state index is 12.9. The quantitative estimate of drug-likeness (QED) is 0.866. The molecular weight excluding hydrogens is 276 g/mol. The van der Waals surface area contributed by atoms with Crippen LogP contribution in [0.25, 0.3) is 0 Å². The average molecular weight is 296 g/mol. The number of nitrogens with two attached hydrogens (primary N) is 1. The van der Waals surface area contributed by atoms with Gasteiger partial charge in [-0.05, 0) is 49.4 Å². The van der Waals surface area contributed by atoms with E-state index in [-0.39, 0.29) is 5.91 Å². The van der Waals surface area contributed by atoms with Crippen LogP contribution in [-0.2, 0) is 13.5 Å². The van der Waals surface area contributed by atoms with Crippen molar-refractivity contribution in [3.8, 4) is 0 Å². The predicted molar refractivity (Wildman–Crippen MR) is 86.0 cm³/mol. The van der Waals surface area contributed by atoms with Crippen LogP contribution < -0.4 is 10.6 Å². The van der Waals surface area contributed by atoms with Crippen LogP contribution in [0.2, 0.25) is 0 Å². The molecule has 22 heavy (non-hydrogen) atoms. The monoisotopic (exact) mass is 296 g/mol. The third kappa shape index (κ3) is 2.08. The number of hydrogen-bond acceptors (Lipinski definition) is 3. The molecule has 1 aliphatic heterocycles. The Morgan fingerprint density at radius 1 is 1.36 bits per heavy atom. The van der Waals surface area contributed by atoms with Crippen molar-refractivity contribution in [3.63, 3.8) is 0 Å². The van der Waals surface area contributed by atoms with E-state index in [1.807, 2.05) is 40.9 Å². The van der Waals surface area contributed by atoms with E-state index in [2.05, 4.69) is 5.10 Å². The zero-order valence-corrected chi connectivity index (χ0v) is 12.7. The van der Waals surface area contributed by atoms with Gasteiger partial charge < -0.3 is 10.6 Å². The fraction of sp³-hybridized carbons (Fsp3) is 0.412. The van der Waals surface area contributed by atoms with Crippen molar-refractivity contribution < 1.29 is 4.79 Å². The minimum absolute atomic E-state index is 0.0194. The van der Waals surface area contributed by atoms with E-state index in [0.717, 1.165) is 36.3 Å². The molecule has 2 heterocycles. The van der Waals surface area contributed by atoms with Gasteiger partial charge in [0, 0.05) is 36.6 Å². The molecule has 0 unspecified atom stereocenters. The lowest BCUT2D eigenvalue weighted by Gasteiger charge is -2.29. The summed E-state index contributed by atoms with van der Waals surface area (Å²) in [4.78, 5) is 14.7. The smallest absolute Gasteiger partial charge is 0.278 e. The topological polar surface area (TPSA) is 64.2 Å². The van der Waals surface area contributed by atoms with E-state index in [1.165, 1.54) is 18.5 Å². The highest BCUT2D eigenvalue weighted by Crippen LogP contribution is 2.40. The second kappa shape index (κ2) is 4.87. The maximum absolute atomic E-state index is 12.9. The summed E-state index contributed by atoms with van der Waals surface area (Å²) >= 11 is 0. The maximum Gasteiger partial charge on any atom is 0.278 e. The Morgan fingerprint density at radius 3 is 2.95 bits per heavy atom. The SMILES string of the molecule is Cn1nc(C(=O)N2CCCc3c(N)cccc32)cc1C1CC1. The van der Waals surface area contributed by atoms with Crippen LogP contribution in [0, 0.1) is 0 Å². The molecule has 1 fully saturated rings. The van der Waals surface area contributed by atoms with Crippen LogP contribution in [0.1, 0.15) is 46.9 Å². The van der Waals surface area contributed by atoms with Gasteiger partial charge in [-0.15, -0.1) is 0 Å². The lowest BCUT2D eigenvalue weighted by Crippen LogP contribution is -2.36. The average Bonchev–Trinajstić information content (AvgIpc) is 3.29. The molecule has 1 aliphatic carbocycles. The Kier molecular flexibility index (Phi) is 2.96. The number of nitrogens with zero attached hydrogens (tertiary/aromatic N) is 3. The molecule has 0 atom stereocenters. The summed E-state index contributed by atoms with van der Waals surface area (Å²) in [6.07, 6.45) is 4.28. The van der Waals surface area contributed by atoms with Crippen LogP contribution in [0.5, 0.6) is 0 Å². The van der Waals surface area contributed by atoms with Crippen molar-refractivity contribution >= 4 is 17.3 Å². The largest absolute Gasteiger partial charge is 0.398 e. The first-order chi connectivity index (χ1) is 10.6. The van der Waals surface area contributed by atoms with E-state index in [4.69, 9.17) is 5.73 Å². The summed E-state index contributed by atoms with van der Waals surface area (Å²) in [5, 5.41) is 4.44. The minimum atomic E-state index is -0.0194. The molecule has 4 rings (SSSR count). The molecule has 2 aliphatic rings. The number of aryl methyl sites for hydroxylation is 1. The molecule has 1 saturated carbocycles. The van der Waals surface area contributed by atoms with Gasteiger partial charge in [0.25, 0.3) is 5.91 Å². The van der Waals surface area contributed by atoms with Gasteiger partial charge in [0.2, 0.25) is 0 Å². The second-order valence-corrected chi connectivity index (χ2v) is 6.26. The van der Waals surface area contributed by atoms with Gasteiger partial charge >= 0.3 is 0 Å². The molecule has 1 aromatic carbocycles. The number of carbonyl (C=O) groups is 1. The van der Waals surface area contributed by atoms with Crippen molar-refractivity contribution in [2.24, 2.45) is 7.05 Å². The first-order valence-electron chi connectivity index (χ1n) is 7.88. The van der Waals surface area contributed by atoms with Crippen molar-refractivity contribution in [1.29, 1.82) is 0 Å². The summed E-state index contributed by atoms with van der Waals surface area (Å²) < 4.78 is 1.86. The number of amides is 1. The van der Waals surface area contributed by atoms with Crippen LogP contribution in [0.3, 0.4) is 0 Å². The standard InChI is InChI=1S/C17H20N4O/c1-20-16(11-7-8-11)10-14(19-20)17(22)21-9-3-4-12-13(18)5-2-6-15(12)21/h2,5-6,10-11H,3-4,7-9,18H2,1H3. The molecule has 1 aromatic heterocycles. The van der Waals surface area contributed by atoms with Gasteiger partial charge in [0.05, 0.1) is 0 Å². The van der Waals surface area contributed by atoms with Crippen molar-refractivity contribution in [3.05, 3.63) is 41.2 Å². The molecule has 1 amide bonds. The number of carbonyl (C=O) groups excluding carboxylic acids is 1.